The van der Waals surface area contributed by atoms with Crippen molar-refractivity contribution in [2.24, 2.45) is 5.84 Å². The molecule has 0 radical (unpaired) electrons. The van der Waals surface area contributed by atoms with Crippen LogP contribution in [-0.2, 0) is 4.79 Å². The lowest BCUT2D eigenvalue weighted by atomic mass is 10.6. The molecule has 1 amide bonds. The van der Waals surface area contributed by atoms with Crippen LogP contribution in [0.5, 0.6) is 0 Å². The largest absolute Gasteiger partial charge is 0.384 e. The molecule has 1 rings (SSSR count). The van der Waals surface area contributed by atoms with Crippen molar-refractivity contribution in [2.45, 2.75) is 29.3 Å². The van der Waals surface area contributed by atoms with E-state index in [0.717, 1.165) is 0 Å². The Bertz CT molecular complexity index is 399. The first-order valence-electron chi connectivity index (χ1n) is 4.94. The SMILES string of the molecule is CC(C)Sc1nc(N)cc(SCC(=O)NN)n1. The lowest BCUT2D eigenvalue weighted by Crippen LogP contribution is -2.31. The molecule has 0 aliphatic heterocycles. The summed E-state index contributed by atoms with van der Waals surface area (Å²) in [7, 11) is 0. The number of rotatable bonds is 5. The fourth-order valence-corrected chi connectivity index (χ4v) is 2.45. The highest BCUT2D eigenvalue weighted by Crippen LogP contribution is 2.24. The van der Waals surface area contributed by atoms with E-state index < -0.39 is 0 Å². The van der Waals surface area contributed by atoms with Crippen molar-refractivity contribution < 1.29 is 4.79 Å². The third-order valence-electron chi connectivity index (χ3n) is 1.56. The number of nitrogens with one attached hydrogen (secondary N) is 1. The molecule has 8 heteroatoms. The van der Waals surface area contributed by atoms with Crippen LogP contribution in [0.2, 0.25) is 0 Å². The molecule has 0 aliphatic carbocycles. The van der Waals surface area contributed by atoms with Gasteiger partial charge in [0.2, 0.25) is 5.91 Å². The fraction of sp³-hybridized carbons (Fsp3) is 0.444. The van der Waals surface area contributed by atoms with E-state index >= 15 is 0 Å². The summed E-state index contributed by atoms with van der Waals surface area (Å²) in [4.78, 5) is 19.4. The van der Waals surface area contributed by atoms with Gasteiger partial charge in [-0.3, -0.25) is 10.2 Å². The zero-order valence-corrected chi connectivity index (χ0v) is 11.3. The Labute approximate surface area is 108 Å². The topological polar surface area (TPSA) is 107 Å². The first-order valence-corrected chi connectivity index (χ1v) is 6.81. The third-order valence-corrected chi connectivity index (χ3v) is 3.33. The van der Waals surface area contributed by atoms with Gasteiger partial charge in [-0.15, -0.1) is 0 Å². The average molecular weight is 273 g/mol. The molecule has 0 bridgehead atoms. The van der Waals surface area contributed by atoms with Gasteiger partial charge in [0, 0.05) is 11.3 Å². The molecule has 0 atom stereocenters. The number of hydrazine groups is 1. The predicted molar refractivity (Wildman–Crippen MR) is 70.5 cm³/mol. The second-order valence-electron chi connectivity index (χ2n) is 3.44. The molecule has 1 heterocycles. The van der Waals surface area contributed by atoms with Gasteiger partial charge in [-0.1, -0.05) is 37.4 Å². The molecular formula is C9H15N5OS2. The highest BCUT2D eigenvalue weighted by atomic mass is 32.2. The zero-order chi connectivity index (χ0) is 12.8. The number of anilines is 1. The van der Waals surface area contributed by atoms with E-state index in [1.165, 1.54) is 23.5 Å². The second-order valence-corrected chi connectivity index (χ2v) is 5.98. The zero-order valence-electron chi connectivity index (χ0n) is 9.64. The fourth-order valence-electron chi connectivity index (χ4n) is 0.939. The molecule has 5 N–H and O–H groups in total. The normalized spacial score (nSPS) is 10.6. The van der Waals surface area contributed by atoms with Gasteiger partial charge in [0.05, 0.1) is 5.75 Å². The molecule has 1 aromatic rings. The molecule has 0 saturated heterocycles. The monoisotopic (exact) mass is 273 g/mol. The van der Waals surface area contributed by atoms with E-state index in [-0.39, 0.29) is 11.7 Å². The summed E-state index contributed by atoms with van der Waals surface area (Å²) < 4.78 is 0. The van der Waals surface area contributed by atoms with Crippen molar-refractivity contribution in [1.82, 2.24) is 15.4 Å². The van der Waals surface area contributed by atoms with Crippen LogP contribution in [0.1, 0.15) is 13.8 Å². The minimum atomic E-state index is -0.259. The maximum absolute atomic E-state index is 11.0. The molecule has 94 valence electrons. The minimum absolute atomic E-state index is 0.207. The van der Waals surface area contributed by atoms with Crippen molar-refractivity contribution in [2.75, 3.05) is 11.5 Å². The second kappa shape index (κ2) is 6.67. The number of aromatic nitrogens is 2. The Hall–Kier alpha value is -0.990. The minimum Gasteiger partial charge on any atom is -0.384 e. The van der Waals surface area contributed by atoms with Gasteiger partial charge >= 0.3 is 0 Å². The quantitative estimate of drug-likeness (QED) is 0.180. The number of nitrogens with zero attached hydrogens (tertiary/aromatic N) is 2. The lowest BCUT2D eigenvalue weighted by molar-refractivity contribution is -0.118. The number of hydrogen-bond acceptors (Lipinski definition) is 7. The first-order chi connectivity index (χ1) is 8.01. The van der Waals surface area contributed by atoms with Gasteiger partial charge < -0.3 is 5.73 Å². The summed E-state index contributed by atoms with van der Waals surface area (Å²) in [5.41, 5.74) is 7.73. The van der Waals surface area contributed by atoms with E-state index in [0.29, 0.717) is 21.3 Å². The van der Waals surface area contributed by atoms with E-state index in [9.17, 15) is 4.79 Å². The number of carbonyl (C=O) groups excluding carboxylic acids is 1. The van der Waals surface area contributed by atoms with Crippen molar-refractivity contribution in [1.29, 1.82) is 0 Å². The maximum Gasteiger partial charge on any atom is 0.244 e. The summed E-state index contributed by atoms with van der Waals surface area (Å²) in [6, 6.07) is 1.64. The maximum atomic E-state index is 11.0. The Morgan fingerprint density at radius 1 is 1.53 bits per heavy atom. The number of hydrogen-bond donors (Lipinski definition) is 3. The van der Waals surface area contributed by atoms with E-state index in [1.807, 2.05) is 13.8 Å². The molecule has 0 fully saturated rings. The van der Waals surface area contributed by atoms with Gasteiger partial charge in [-0.2, -0.15) is 0 Å². The van der Waals surface area contributed by atoms with Gasteiger partial charge in [0.15, 0.2) is 5.16 Å². The molecule has 6 nitrogen and oxygen atoms in total. The number of amides is 1. The number of nitrogen functional groups attached to an aromatic ring is 1. The van der Waals surface area contributed by atoms with Gasteiger partial charge in [0.1, 0.15) is 10.8 Å². The molecular weight excluding hydrogens is 258 g/mol. The Morgan fingerprint density at radius 2 is 2.24 bits per heavy atom. The van der Waals surface area contributed by atoms with Crippen LogP contribution < -0.4 is 17.0 Å². The molecule has 17 heavy (non-hydrogen) atoms. The van der Waals surface area contributed by atoms with Crippen molar-refractivity contribution in [3.63, 3.8) is 0 Å². The summed E-state index contributed by atoms with van der Waals surface area (Å²) in [6.07, 6.45) is 0. The lowest BCUT2D eigenvalue weighted by Gasteiger charge is -2.06. The van der Waals surface area contributed by atoms with Crippen LogP contribution in [0.25, 0.3) is 0 Å². The molecule has 0 unspecified atom stereocenters. The van der Waals surface area contributed by atoms with Crippen molar-refractivity contribution in [3.8, 4) is 0 Å². The molecule has 1 aromatic heterocycles. The van der Waals surface area contributed by atoms with E-state index in [1.54, 1.807) is 6.07 Å². The highest BCUT2D eigenvalue weighted by molar-refractivity contribution is 8.00. The van der Waals surface area contributed by atoms with Crippen LogP contribution >= 0.6 is 23.5 Å². The summed E-state index contributed by atoms with van der Waals surface area (Å²) in [6.45, 7) is 4.10. The van der Waals surface area contributed by atoms with Crippen molar-refractivity contribution in [3.05, 3.63) is 6.07 Å². The Kier molecular flexibility index (Phi) is 5.52. The van der Waals surface area contributed by atoms with E-state index in [4.69, 9.17) is 11.6 Å². The number of thioether (sulfide) groups is 2. The summed E-state index contributed by atoms with van der Waals surface area (Å²) in [5, 5.41) is 1.67. The van der Waals surface area contributed by atoms with Crippen LogP contribution in [0.3, 0.4) is 0 Å². The van der Waals surface area contributed by atoms with Crippen LogP contribution in [0.4, 0.5) is 5.82 Å². The van der Waals surface area contributed by atoms with Gasteiger partial charge in [-0.25, -0.2) is 15.8 Å². The molecule has 0 spiro atoms. The van der Waals surface area contributed by atoms with Gasteiger partial charge in [0.25, 0.3) is 0 Å². The summed E-state index contributed by atoms with van der Waals surface area (Å²) >= 11 is 2.80. The number of carbonyl (C=O) groups is 1. The molecule has 0 aliphatic rings. The third kappa shape index (κ3) is 5.24. The Morgan fingerprint density at radius 3 is 2.82 bits per heavy atom. The first kappa shape index (κ1) is 14.1. The van der Waals surface area contributed by atoms with Crippen LogP contribution in [0, 0.1) is 0 Å². The van der Waals surface area contributed by atoms with E-state index in [2.05, 4.69) is 15.4 Å². The number of nitrogens with two attached hydrogens (primary N) is 2. The average Bonchev–Trinajstić information content (AvgIpc) is 2.24. The van der Waals surface area contributed by atoms with Gasteiger partial charge in [-0.05, 0) is 0 Å². The Balaban J connectivity index is 2.71. The standard InChI is InChI=1S/C9H15N5OS2/c1-5(2)17-9-12-6(10)3-8(13-9)16-4-7(15)14-11/h3,5H,4,11H2,1-2H3,(H,14,15)(H2,10,12,13). The predicted octanol–water partition coefficient (Wildman–Crippen LogP) is 0.641. The summed E-state index contributed by atoms with van der Waals surface area (Å²) in [5.74, 6) is 5.34. The van der Waals surface area contributed by atoms with Crippen LogP contribution in [0.15, 0.2) is 16.2 Å². The molecule has 0 saturated carbocycles. The smallest absolute Gasteiger partial charge is 0.244 e. The van der Waals surface area contributed by atoms with Crippen LogP contribution in [-0.4, -0.2) is 26.9 Å². The highest BCUT2D eigenvalue weighted by Gasteiger charge is 2.07. The van der Waals surface area contributed by atoms with Crippen molar-refractivity contribution >= 4 is 35.2 Å². The molecule has 0 aromatic carbocycles.